The Balaban J connectivity index is -0.00000000655. The Morgan fingerprint density at radius 3 is 0.308 bits per heavy atom. The van der Waals surface area contributed by atoms with Crippen molar-refractivity contribution in [3.05, 3.63) is 0 Å². The second-order valence-corrected chi connectivity index (χ2v) is 0. The summed E-state index contributed by atoms with van der Waals surface area (Å²) >= 11 is 0. The topological polar surface area (TPSA) is 143 Å². The summed E-state index contributed by atoms with van der Waals surface area (Å²) in [5, 5.41) is 39.0. The Hall–Kier alpha value is -2.57. The standard InChI is InChI=1S/6CHN.Ni/c6*1-2;/h6*1H;. The molecule has 0 heterocycles. The summed E-state index contributed by atoms with van der Waals surface area (Å²) in [6.07, 6.45) is 0. The van der Waals surface area contributed by atoms with Crippen LogP contribution in [-0.4, -0.2) is 0 Å². The monoisotopic (exact) mass is 220 g/mol. The minimum Gasteiger partial charge on any atom is -0.202 e. The summed E-state index contributed by atoms with van der Waals surface area (Å²) in [7, 11) is 0. The van der Waals surface area contributed by atoms with Crippen molar-refractivity contribution < 1.29 is 16.5 Å². The van der Waals surface area contributed by atoms with Gasteiger partial charge >= 0.3 is 0 Å². The summed E-state index contributed by atoms with van der Waals surface area (Å²) in [5.74, 6) is 0. The van der Waals surface area contributed by atoms with E-state index < -0.39 is 0 Å². The molecule has 0 bridgehead atoms. The Morgan fingerprint density at radius 1 is 0.308 bits per heavy atom. The Morgan fingerprint density at radius 2 is 0.308 bits per heavy atom. The van der Waals surface area contributed by atoms with Gasteiger partial charge < -0.3 is 0 Å². The van der Waals surface area contributed by atoms with Gasteiger partial charge in [-0.25, -0.2) is 31.6 Å². The molecule has 7 heteroatoms. The van der Waals surface area contributed by atoms with Gasteiger partial charge in [0.05, 0.1) is 0 Å². The van der Waals surface area contributed by atoms with Gasteiger partial charge in [0.2, 0.25) is 0 Å². The molecule has 0 saturated heterocycles. The van der Waals surface area contributed by atoms with Crippen molar-refractivity contribution in [2.24, 2.45) is 0 Å². The number of rotatable bonds is 0. The van der Waals surface area contributed by atoms with E-state index in [-0.39, 0.29) is 16.5 Å². The van der Waals surface area contributed by atoms with Crippen LogP contribution in [-0.2, 0) is 16.5 Å². The first-order valence-corrected chi connectivity index (χ1v) is 1.55. The maximum atomic E-state index is 6.50. The number of nitrogens with zero attached hydrogens (tertiary/aromatic N) is 6. The molecule has 0 aliphatic heterocycles. The molecule has 0 rings (SSSR count). The van der Waals surface area contributed by atoms with E-state index in [1.165, 1.54) is 0 Å². The molecule has 0 aromatic carbocycles. The maximum absolute atomic E-state index is 6.50. The predicted molar refractivity (Wildman–Crippen MR) is 40.0 cm³/mol. The number of nitriles is 6. The first kappa shape index (κ1) is 78.8. The Bertz CT molecular complexity index is 92.1. The van der Waals surface area contributed by atoms with E-state index >= 15 is 0 Å². The molecule has 6 nitrogen and oxygen atoms in total. The molecule has 0 atom stereocenters. The molecule has 0 aromatic heterocycles. The molecule has 0 fully saturated rings. The van der Waals surface area contributed by atoms with Crippen LogP contribution in [0.2, 0.25) is 0 Å². The van der Waals surface area contributed by atoms with Gasteiger partial charge in [0.1, 0.15) is 0 Å². The molecular formula is C6H6N6Ni. The third-order valence-corrected chi connectivity index (χ3v) is 0. The van der Waals surface area contributed by atoms with Gasteiger partial charge in [-0.2, -0.15) is 0 Å². The van der Waals surface area contributed by atoms with Gasteiger partial charge in [0.15, 0.2) is 0 Å². The van der Waals surface area contributed by atoms with Crippen molar-refractivity contribution in [2.75, 3.05) is 0 Å². The molecule has 0 amide bonds. The van der Waals surface area contributed by atoms with Crippen LogP contribution in [0.5, 0.6) is 0 Å². The van der Waals surface area contributed by atoms with Crippen LogP contribution >= 0.6 is 0 Å². The number of hydrogen-bond acceptors (Lipinski definition) is 6. The van der Waals surface area contributed by atoms with Crippen molar-refractivity contribution in [3.63, 3.8) is 0 Å². The quantitative estimate of drug-likeness (QED) is 0.554. The molecule has 0 spiro atoms. The van der Waals surface area contributed by atoms with Crippen LogP contribution in [0.25, 0.3) is 0 Å². The molecule has 0 aliphatic rings. The smallest absolute Gasteiger partial charge is 0.0462 e. The van der Waals surface area contributed by atoms with Gasteiger partial charge in [-0.1, -0.05) is 0 Å². The van der Waals surface area contributed by atoms with E-state index in [9.17, 15) is 0 Å². The van der Waals surface area contributed by atoms with E-state index in [0.29, 0.717) is 0 Å². The van der Waals surface area contributed by atoms with E-state index in [2.05, 4.69) is 39.4 Å². The maximum Gasteiger partial charge on any atom is 0.0462 e. The van der Waals surface area contributed by atoms with Crippen LogP contribution < -0.4 is 0 Å². The first-order valence-electron chi connectivity index (χ1n) is 1.55. The Labute approximate surface area is 88.0 Å². The van der Waals surface area contributed by atoms with Gasteiger partial charge in [0, 0.05) is 55.9 Å². The predicted octanol–water partition coefficient (Wildman–Crippen LogP) is 0.836. The molecule has 0 aliphatic carbocycles. The summed E-state index contributed by atoms with van der Waals surface area (Å²) in [6.45, 7) is 21.0. The number of hydrogen-bond donors (Lipinski definition) is 0. The van der Waals surface area contributed by atoms with Crippen LogP contribution in [0.1, 0.15) is 0 Å². The molecule has 0 radical (unpaired) electrons. The van der Waals surface area contributed by atoms with Crippen molar-refractivity contribution >= 4 is 0 Å². The SMILES string of the molecule is C#N.C#N.C#N.C#N.C#N.C#N.[Ni]. The Kier molecular flexibility index (Phi) is 617. The molecule has 13 heavy (non-hydrogen) atoms. The average Bonchev–Trinajstić information content (AvgIpc) is 2.33. The van der Waals surface area contributed by atoms with Crippen LogP contribution in [0.15, 0.2) is 0 Å². The second-order valence-electron chi connectivity index (χ2n) is 0. The van der Waals surface area contributed by atoms with Crippen LogP contribution in [0.4, 0.5) is 0 Å². The normalized spacial score (nSPS) is 0.923. The average molecular weight is 221 g/mol. The van der Waals surface area contributed by atoms with Gasteiger partial charge in [-0.3, -0.25) is 0 Å². The molecule has 0 unspecified atom stereocenters. The van der Waals surface area contributed by atoms with Gasteiger partial charge in [0.25, 0.3) is 0 Å². The summed E-state index contributed by atoms with van der Waals surface area (Å²) in [6, 6.07) is 0. The zero-order valence-electron chi connectivity index (χ0n) is 6.46. The molecule has 70 valence electrons. The van der Waals surface area contributed by atoms with Crippen LogP contribution in [0.3, 0.4) is 0 Å². The van der Waals surface area contributed by atoms with Crippen LogP contribution in [0, 0.1) is 71.0 Å². The largest absolute Gasteiger partial charge is 0.202 e. The van der Waals surface area contributed by atoms with E-state index in [1.54, 1.807) is 0 Å². The summed E-state index contributed by atoms with van der Waals surface area (Å²) in [4.78, 5) is 0. The minimum atomic E-state index is 0. The van der Waals surface area contributed by atoms with Crippen molar-refractivity contribution in [1.82, 2.24) is 0 Å². The zero-order chi connectivity index (χ0) is 12.0. The fourth-order valence-electron chi connectivity index (χ4n) is 0. The van der Waals surface area contributed by atoms with E-state index in [0.717, 1.165) is 0 Å². The van der Waals surface area contributed by atoms with E-state index in [1.807, 2.05) is 0 Å². The molecule has 0 saturated carbocycles. The minimum absolute atomic E-state index is 0. The summed E-state index contributed by atoms with van der Waals surface area (Å²) < 4.78 is 0. The summed E-state index contributed by atoms with van der Waals surface area (Å²) in [5.41, 5.74) is 0. The molecule has 0 N–H and O–H groups in total. The van der Waals surface area contributed by atoms with Crippen molar-refractivity contribution in [3.8, 4) is 39.4 Å². The fraction of sp³-hybridized carbons (Fsp3) is 0. The van der Waals surface area contributed by atoms with E-state index in [4.69, 9.17) is 31.6 Å². The molecule has 0 aromatic rings. The van der Waals surface area contributed by atoms with Gasteiger partial charge in [-0.05, 0) is 0 Å². The zero-order valence-corrected chi connectivity index (χ0v) is 7.45. The third-order valence-electron chi connectivity index (χ3n) is 0. The van der Waals surface area contributed by atoms with Crippen molar-refractivity contribution in [1.29, 1.82) is 31.6 Å². The first-order chi connectivity index (χ1) is 6.00. The van der Waals surface area contributed by atoms with Gasteiger partial charge in [-0.15, -0.1) is 0 Å². The van der Waals surface area contributed by atoms with Crippen molar-refractivity contribution in [2.45, 2.75) is 0 Å². The fourth-order valence-corrected chi connectivity index (χ4v) is 0. The molecular weight excluding hydrogens is 215 g/mol. The second kappa shape index (κ2) is 102. The third kappa shape index (κ3) is 79.1.